The fourth-order valence-electron chi connectivity index (χ4n) is 3.27. The SMILES string of the molecule is CC=CC(=O)OCCC[Si](C)(C)CCCC[Si](C)(C)CCCOC(=O)C=CC. The molecule has 0 aliphatic heterocycles. The molecule has 0 spiro atoms. The van der Waals surface area contributed by atoms with Crippen LogP contribution in [0.2, 0.25) is 50.4 Å². The summed E-state index contributed by atoms with van der Waals surface area (Å²) < 4.78 is 10.4. The van der Waals surface area contributed by atoms with E-state index in [2.05, 4.69) is 26.2 Å². The van der Waals surface area contributed by atoms with Gasteiger partial charge in [-0.25, -0.2) is 9.59 Å². The number of carbonyl (C=O) groups excluding carboxylic acids is 2. The van der Waals surface area contributed by atoms with Crippen LogP contribution in [0.5, 0.6) is 0 Å². The molecule has 0 aliphatic rings. The number of carbonyl (C=O) groups is 2. The van der Waals surface area contributed by atoms with Crippen molar-refractivity contribution >= 4 is 28.1 Å². The molecule has 0 aromatic heterocycles. The molecule has 4 nitrogen and oxygen atoms in total. The van der Waals surface area contributed by atoms with Crippen LogP contribution in [0.1, 0.15) is 39.5 Å². The molecule has 0 bridgehead atoms. The molecule has 0 amide bonds. The molecule has 6 heteroatoms. The van der Waals surface area contributed by atoms with Gasteiger partial charge in [-0.15, -0.1) is 0 Å². The van der Waals surface area contributed by atoms with E-state index in [1.807, 2.05) is 13.8 Å². The lowest BCUT2D eigenvalue weighted by Crippen LogP contribution is -2.27. The van der Waals surface area contributed by atoms with Gasteiger partial charge in [0.1, 0.15) is 0 Å². The van der Waals surface area contributed by atoms with Crippen LogP contribution in [0, 0.1) is 0 Å². The van der Waals surface area contributed by atoms with Gasteiger partial charge in [-0.3, -0.25) is 0 Å². The lowest BCUT2D eigenvalue weighted by Gasteiger charge is -2.25. The van der Waals surface area contributed by atoms with Crippen molar-refractivity contribution in [3.8, 4) is 0 Å². The van der Waals surface area contributed by atoms with Crippen molar-refractivity contribution in [2.24, 2.45) is 0 Å². The van der Waals surface area contributed by atoms with Gasteiger partial charge in [-0.2, -0.15) is 0 Å². The second kappa shape index (κ2) is 14.8. The maximum absolute atomic E-state index is 11.3. The summed E-state index contributed by atoms with van der Waals surface area (Å²) in [6, 6.07) is 5.13. The number of esters is 2. The first-order valence-electron chi connectivity index (χ1n) is 10.7. The first kappa shape index (κ1) is 26.9. The van der Waals surface area contributed by atoms with Crippen LogP contribution >= 0.6 is 0 Å². The summed E-state index contributed by atoms with van der Waals surface area (Å²) in [4.78, 5) is 22.6. The number of ether oxygens (including phenoxy) is 2. The third-order valence-corrected chi connectivity index (χ3v) is 11.9. The van der Waals surface area contributed by atoms with Gasteiger partial charge in [0.05, 0.1) is 13.2 Å². The van der Waals surface area contributed by atoms with E-state index in [0.29, 0.717) is 13.2 Å². The van der Waals surface area contributed by atoms with Gasteiger partial charge in [0.25, 0.3) is 0 Å². The van der Waals surface area contributed by atoms with Crippen molar-refractivity contribution in [3.05, 3.63) is 24.3 Å². The Morgan fingerprint density at radius 2 is 0.964 bits per heavy atom. The van der Waals surface area contributed by atoms with Crippen molar-refractivity contribution < 1.29 is 19.1 Å². The Hall–Kier alpha value is -1.15. The van der Waals surface area contributed by atoms with Gasteiger partial charge in [0, 0.05) is 28.3 Å². The monoisotopic (exact) mass is 426 g/mol. The number of allylic oxidation sites excluding steroid dienone is 2. The molecule has 28 heavy (non-hydrogen) atoms. The zero-order valence-corrected chi connectivity index (χ0v) is 21.0. The fraction of sp³-hybridized carbons (Fsp3) is 0.727. The standard InChI is InChI=1S/C22H42O4Si2/c1-7-13-21(23)25-15-11-19-27(3,4)17-9-10-18-28(5,6)20-12-16-26-22(24)14-8-2/h7-8,13-14H,9-12,15-20H2,1-6H3. The van der Waals surface area contributed by atoms with Crippen molar-refractivity contribution in [3.63, 3.8) is 0 Å². The second-order valence-electron chi connectivity index (χ2n) is 9.08. The number of rotatable bonds is 15. The van der Waals surface area contributed by atoms with Crippen LogP contribution in [-0.4, -0.2) is 41.3 Å². The molecule has 0 aliphatic carbocycles. The van der Waals surface area contributed by atoms with E-state index in [9.17, 15) is 9.59 Å². The summed E-state index contributed by atoms with van der Waals surface area (Å²) in [7, 11) is -2.40. The Morgan fingerprint density at radius 3 is 1.29 bits per heavy atom. The van der Waals surface area contributed by atoms with E-state index in [1.165, 1.54) is 49.2 Å². The van der Waals surface area contributed by atoms with Gasteiger partial charge in [0.15, 0.2) is 0 Å². The van der Waals surface area contributed by atoms with Crippen LogP contribution in [0.3, 0.4) is 0 Å². The molecule has 0 aromatic carbocycles. The molecule has 0 atom stereocenters. The highest BCUT2D eigenvalue weighted by Gasteiger charge is 2.22. The Balaban J connectivity index is 3.88. The van der Waals surface area contributed by atoms with E-state index in [-0.39, 0.29) is 11.9 Å². The van der Waals surface area contributed by atoms with Crippen LogP contribution in [0.15, 0.2) is 24.3 Å². The number of hydrogen-bond acceptors (Lipinski definition) is 4. The highest BCUT2D eigenvalue weighted by Crippen LogP contribution is 2.25. The maximum Gasteiger partial charge on any atom is 0.330 e. The molecular formula is C22H42O4Si2. The molecule has 0 unspecified atom stereocenters. The molecule has 0 heterocycles. The summed E-state index contributed by atoms with van der Waals surface area (Å²) in [6.45, 7) is 14.5. The van der Waals surface area contributed by atoms with E-state index < -0.39 is 16.1 Å². The van der Waals surface area contributed by atoms with Gasteiger partial charge < -0.3 is 9.47 Å². The Morgan fingerprint density at radius 1 is 0.643 bits per heavy atom. The van der Waals surface area contributed by atoms with E-state index in [0.717, 1.165) is 12.8 Å². The fourth-order valence-corrected chi connectivity index (χ4v) is 8.39. The third kappa shape index (κ3) is 15.9. The van der Waals surface area contributed by atoms with Gasteiger partial charge in [0.2, 0.25) is 0 Å². The van der Waals surface area contributed by atoms with Gasteiger partial charge in [-0.1, -0.05) is 75.4 Å². The maximum atomic E-state index is 11.3. The predicted molar refractivity (Wildman–Crippen MR) is 124 cm³/mol. The van der Waals surface area contributed by atoms with Crippen LogP contribution in [0.4, 0.5) is 0 Å². The highest BCUT2D eigenvalue weighted by molar-refractivity contribution is 6.78. The van der Waals surface area contributed by atoms with Crippen LogP contribution in [0.25, 0.3) is 0 Å². The molecule has 162 valence electrons. The Kier molecular flexibility index (Phi) is 14.2. The van der Waals surface area contributed by atoms with Crippen molar-refractivity contribution in [2.45, 2.75) is 89.9 Å². The number of hydrogen-bond donors (Lipinski definition) is 0. The Bertz CT molecular complexity index is 465. The minimum absolute atomic E-state index is 0.231. The molecule has 0 rings (SSSR count). The van der Waals surface area contributed by atoms with Crippen LogP contribution in [-0.2, 0) is 19.1 Å². The summed E-state index contributed by atoms with van der Waals surface area (Å²) in [5.74, 6) is -0.462. The van der Waals surface area contributed by atoms with E-state index in [1.54, 1.807) is 12.2 Å². The first-order valence-corrected chi connectivity index (χ1v) is 17.5. The average molecular weight is 427 g/mol. The third-order valence-electron chi connectivity index (χ3n) is 5.05. The Labute approximate surface area is 174 Å². The molecular weight excluding hydrogens is 384 g/mol. The van der Waals surface area contributed by atoms with Gasteiger partial charge in [-0.05, 0) is 26.7 Å². The minimum Gasteiger partial charge on any atom is -0.463 e. The quantitative estimate of drug-likeness (QED) is 0.135. The number of unbranched alkanes of at least 4 members (excludes halogenated alkanes) is 1. The molecule has 0 saturated heterocycles. The summed E-state index contributed by atoms with van der Waals surface area (Å²) in [5, 5.41) is 0. The topological polar surface area (TPSA) is 52.6 Å². The molecule has 0 N–H and O–H groups in total. The largest absolute Gasteiger partial charge is 0.463 e. The summed E-state index contributed by atoms with van der Waals surface area (Å²) in [5.41, 5.74) is 0. The smallest absolute Gasteiger partial charge is 0.330 e. The van der Waals surface area contributed by atoms with Crippen molar-refractivity contribution in [2.75, 3.05) is 13.2 Å². The average Bonchev–Trinajstić information content (AvgIpc) is 2.60. The minimum atomic E-state index is -1.20. The lowest BCUT2D eigenvalue weighted by molar-refractivity contribution is -0.138. The van der Waals surface area contributed by atoms with E-state index >= 15 is 0 Å². The van der Waals surface area contributed by atoms with Crippen molar-refractivity contribution in [1.82, 2.24) is 0 Å². The molecule has 0 aromatic rings. The predicted octanol–water partition coefficient (Wildman–Crippen LogP) is 6.20. The zero-order chi connectivity index (χ0) is 21.5. The second-order valence-corrected chi connectivity index (χ2v) is 19.7. The first-order chi connectivity index (χ1) is 13.1. The van der Waals surface area contributed by atoms with E-state index in [4.69, 9.17) is 9.47 Å². The van der Waals surface area contributed by atoms with Crippen LogP contribution < -0.4 is 0 Å². The molecule has 0 fully saturated rings. The lowest BCUT2D eigenvalue weighted by atomic mass is 10.4. The zero-order valence-electron chi connectivity index (χ0n) is 19.0. The normalized spacial score (nSPS) is 12.6. The molecule has 0 radical (unpaired) electrons. The summed E-state index contributed by atoms with van der Waals surface area (Å²) >= 11 is 0. The summed E-state index contributed by atoms with van der Waals surface area (Å²) in [6.07, 6.45) is 10.9. The van der Waals surface area contributed by atoms with Gasteiger partial charge >= 0.3 is 11.9 Å². The highest BCUT2D eigenvalue weighted by atomic mass is 28.3. The molecule has 0 saturated carbocycles. The van der Waals surface area contributed by atoms with Crippen molar-refractivity contribution in [1.29, 1.82) is 0 Å².